The van der Waals surface area contributed by atoms with Gasteiger partial charge >= 0.3 is 0 Å². The van der Waals surface area contributed by atoms with Gasteiger partial charge in [-0.2, -0.15) is 0 Å². The number of hydrogen-bond donors (Lipinski definition) is 2. The number of nitrogens with zero attached hydrogens (tertiary/aromatic N) is 3. The molecule has 1 aliphatic heterocycles. The van der Waals surface area contributed by atoms with Crippen molar-refractivity contribution in [3.8, 4) is 11.5 Å². The molecule has 4 rings (SSSR count). The van der Waals surface area contributed by atoms with Crippen LogP contribution in [0.15, 0.2) is 36.7 Å². The van der Waals surface area contributed by atoms with Crippen molar-refractivity contribution in [3.05, 3.63) is 47.5 Å². The number of benzene rings is 2. The van der Waals surface area contributed by atoms with E-state index in [1.54, 1.807) is 23.1 Å². The lowest BCUT2D eigenvalue weighted by Crippen LogP contribution is -2.37. The van der Waals surface area contributed by atoms with Gasteiger partial charge in [0.1, 0.15) is 36.1 Å². The summed E-state index contributed by atoms with van der Waals surface area (Å²) >= 11 is 5.90. The molecule has 8 nitrogen and oxygen atoms in total. The Bertz CT molecular complexity index is 1160. The predicted molar refractivity (Wildman–Crippen MR) is 118 cm³/mol. The summed E-state index contributed by atoms with van der Waals surface area (Å²) in [5.74, 6) is 0.777. The van der Waals surface area contributed by atoms with Crippen molar-refractivity contribution in [1.82, 2.24) is 14.9 Å². The summed E-state index contributed by atoms with van der Waals surface area (Å²) in [6.07, 6.45) is 1.24. The van der Waals surface area contributed by atoms with Crippen LogP contribution in [0.4, 0.5) is 15.9 Å². The highest BCUT2D eigenvalue weighted by atomic mass is 35.5. The number of likely N-dealkylation sites (tertiary alicyclic amines) is 1. The average molecular weight is 461 g/mol. The van der Waals surface area contributed by atoms with E-state index in [1.165, 1.54) is 32.5 Å². The van der Waals surface area contributed by atoms with E-state index in [-0.39, 0.29) is 30.1 Å². The molecule has 1 fully saturated rings. The lowest BCUT2D eigenvalue weighted by Gasteiger charge is -2.23. The minimum Gasteiger partial charge on any atom is -0.497 e. The lowest BCUT2D eigenvalue weighted by molar-refractivity contribution is -0.130. The van der Waals surface area contributed by atoms with Crippen LogP contribution in [0.1, 0.15) is 13.3 Å². The fourth-order valence-electron chi connectivity index (χ4n) is 3.79. The summed E-state index contributed by atoms with van der Waals surface area (Å²) < 4.78 is 25.0. The zero-order valence-corrected chi connectivity index (χ0v) is 18.3. The van der Waals surface area contributed by atoms with E-state index >= 15 is 0 Å². The molecule has 0 saturated carbocycles. The van der Waals surface area contributed by atoms with Crippen molar-refractivity contribution in [2.24, 2.45) is 0 Å². The first-order valence-corrected chi connectivity index (χ1v) is 10.4. The maximum Gasteiger partial charge on any atom is 0.219 e. The lowest BCUT2D eigenvalue weighted by atomic mass is 10.1. The second-order valence-corrected chi connectivity index (χ2v) is 7.93. The molecule has 2 atom stereocenters. The molecule has 2 heterocycles. The van der Waals surface area contributed by atoms with Gasteiger partial charge in [-0.15, -0.1) is 0 Å². The molecule has 0 unspecified atom stereocenters. The van der Waals surface area contributed by atoms with Crippen molar-refractivity contribution in [2.75, 3.05) is 25.6 Å². The van der Waals surface area contributed by atoms with Gasteiger partial charge in [0.05, 0.1) is 35.2 Å². The van der Waals surface area contributed by atoms with Gasteiger partial charge in [0.2, 0.25) is 5.91 Å². The Hall–Kier alpha value is -3.17. The molecule has 0 radical (unpaired) electrons. The fourth-order valence-corrected chi connectivity index (χ4v) is 3.97. The van der Waals surface area contributed by atoms with Crippen LogP contribution >= 0.6 is 11.6 Å². The molecule has 10 heteroatoms. The van der Waals surface area contributed by atoms with E-state index in [1.807, 2.05) is 0 Å². The maximum absolute atomic E-state index is 13.5. The summed E-state index contributed by atoms with van der Waals surface area (Å²) in [6.45, 7) is 1.93. The van der Waals surface area contributed by atoms with Crippen LogP contribution in [0, 0.1) is 5.82 Å². The second kappa shape index (κ2) is 9.13. The number of nitrogens with one attached hydrogen (secondary N) is 1. The molecule has 0 aliphatic carbocycles. The number of aromatic nitrogens is 2. The summed E-state index contributed by atoms with van der Waals surface area (Å²) in [4.78, 5) is 22.1. The van der Waals surface area contributed by atoms with Gasteiger partial charge in [0.15, 0.2) is 0 Å². The number of hydrogen-bond acceptors (Lipinski definition) is 7. The predicted octanol–water partition coefficient (Wildman–Crippen LogP) is 3.54. The molecule has 3 aromatic rings. The number of fused-ring (bicyclic) bond motifs is 1. The third-order valence-electron chi connectivity index (χ3n) is 5.32. The number of halogens is 2. The number of ether oxygens (including phenoxy) is 2. The Kier molecular flexibility index (Phi) is 6.29. The molecule has 0 spiro atoms. The quantitative estimate of drug-likeness (QED) is 0.580. The normalized spacial score (nSPS) is 18.1. The van der Waals surface area contributed by atoms with Crippen LogP contribution in [0.5, 0.6) is 11.5 Å². The first-order chi connectivity index (χ1) is 15.4. The van der Waals surface area contributed by atoms with Crippen LogP contribution in [0.25, 0.3) is 10.9 Å². The topological polar surface area (TPSA) is 96.8 Å². The molecule has 2 N–H and O–H groups in total. The molecule has 1 aliphatic rings. The number of amides is 1. The van der Waals surface area contributed by atoms with E-state index in [2.05, 4.69) is 15.3 Å². The standard InChI is InChI=1S/C22H22ClFN4O4/c1-12(29)28-9-15(30)6-14(28)10-32-20-8-16(31-2)7-19-21(20)22(26-11-25-19)27-13-3-4-18(24)17(23)5-13/h3-5,7-8,11,14-15,30H,6,9-10H2,1-2H3,(H,25,26,27)/t14-,15+/m0/s1. The van der Waals surface area contributed by atoms with Crippen LogP contribution < -0.4 is 14.8 Å². The largest absolute Gasteiger partial charge is 0.497 e. The van der Waals surface area contributed by atoms with Gasteiger partial charge in [-0.3, -0.25) is 4.79 Å². The Labute approximate surface area is 188 Å². The van der Waals surface area contributed by atoms with E-state index in [4.69, 9.17) is 21.1 Å². The van der Waals surface area contributed by atoms with E-state index < -0.39 is 11.9 Å². The summed E-state index contributed by atoms with van der Waals surface area (Å²) in [5, 5.41) is 13.7. The fraction of sp³-hybridized carbons (Fsp3) is 0.318. The zero-order valence-electron chi connectivity index (χ0n) is 17.5. The minimum atomic E-state index is -0.585. The van der Waals surface area contributed by atoms with Gasteiger partial charge in [-0.1, -0.05) is 11.6 Å². The van der Waals surface area contributed by atoms with Crippen LogP contribution in [-0.4, -0.2) is 58.3 Å². The summed E-state index contributed by atoms with van der Waals surface area (Å²) in [7, 11) is 1.54. The Morgan fingerprint density at radius 2 is 2.16 bits per heavy atom. The average Bonchev–Trinajstić information content (AvgIpc) is 3.15. The first-order valence-electron chi connectivity index (χ1n) is 9.98. The molecule has 1 aromatic heterocycles. The number of rotatable bonds is 6. The third kappa shape index (κ3) is 4.53. The number of anilines is 2. The molecule has 32 heavy (non-hydrogen) atoms. The Morgan fingerprint density at radius 1 is 1.34 bits per heavy atom. The highest BCUT2D eigenvalue weighted by molar-refractivity contribution is 6.31. The summed E-state index contributed by atoms with van der Waals surface area (Å²) in [5.41, 5.74) is 1.11. The molecule has 2 aromatic carbocycles. The molecular weight excluding hydrogens is 439 g/mol. The Morgan fingerprint density at radius 3 is 2.88 bits per heavy atom. The van der Waals surface area contributed by atoms with Crippen LogP contribution in [-0.2, 0) is 4.79 Å². The SMILES string of the molecule is COc1cc(OC[C@@H]2C[C@@H](O)CN2C(C)=O)c2c(Nc3ccc(F)c(Cl)c3)ncnc2c1. The molecule has 168 valence electrons. The van der Waals surface area contributed by atoms with Crippen molar-refractivity contribution >= 4 is 39.9 Å². The first kappa shape index (κ1) is 22.0. The number of β-amino-alcohol motifs (C(OH)–C–C–N with tert-alkyl or cyclic N) is 1. The number of carbonyl (C=O) groups excluding carboxylic acids is 1. The molecular formula is C22H22ClFN4O4. The smallest absolute Gasteiger partial charge is 0.219 e. The van der Waals surface area contributed by atoms with Crippen LogP contribution in [0.3, 0.4) is 0 Å². The highest BCUT2D eigenvalue weighted by Gasteiger charge is 2.33. The van der Waals surface area contributed by atoms with E-state index in [0.717, 1.165) is 0 Å². The van der Waals surface area contributed by atoms with Crippen molar-refractivity contribution < 1.29 is 23.8 Å². The minimum absolute atomic E-state index is 0.0179. The van der Waals surface area contributed by atoms with Gasteiger partial charge < -0.3 is 24.8 Å². The number of aliphatic hydroxyl groups is 1. The van der Waals surface area contributed by atoms with Crippen molar-refractivity contribution in [2.45, 2.75) is 25.5 Å². The molecule has 0 bridgehead atoms. The highest BCUT2D eigenvalue weighted by Crippen LogP contribution is 2.36. The number of carbonyl (C=O) groups is 1. The monoisotopic (exact) mass is 460 g/mol. The number of aliphatic hydroxyl groups excluding tert-OH is 1. The molecule has 1 saturated heterocycles. The zero-order chi connectivity index (χ0) is 22.8. The maximum atomic E-state index is 13.5. The number of methoxy groups -OCH3 is 1. The van der Waals surface area contributed by atoms with E-state index in [9.17, 15) is 14.3 Å². The van der Waals surface area contributed by atoms with Gasteiger partial charge in [-0.05, 0) is 24.6 Å². The third-order valence-corrected chi connectivity index (χ3v) is 5.61. The van der Waals surface area contributed by atoms with Crippen LogP contribution in [0.2, 0.25) is 5.02 Å². The summed E-state index contributed by atoms with van der Waals surface area (Å²) in [6, 6.07) is 7.45. The van der Waals surface area contributed by atoms with Gasteiger partial charge in [0, 0.05) is 31.3 Å². The van der Waals surface area contributed by atoms with Crippen molar-refractivity contribution in [1.29, 1.82) is 0 Å². The Balaban J connectivity index is 1.69. The second-order valence-electron chi connectivity index (χ2n) is 7.52. The van der Waals surface area contributed by atoms with Gasteiger partial charge in [-0.25, -0.2) is 14.4 Å². The van der Waals surface area contributed by atoms with Gasteiger partial charge in [0.25, 0.3) is 0 Å². The molecule has 1 amide bonds. The van der Waals surface area contributed by atoms with E-state index in [0.29, 0.717) is 40.3 Å². The van der Waals surface area contributed by atoms with Crippen molar-refractivity contribution in [3.63, 3.8) is 0 Å².